The Morgan fingerprint density at radius 3 is 2.26 bits per heavy atom. The van der Waals surface area contributed by atoms with Gasteiger partial charge in [-0.05, 0) is 25.1 Å². The molecular formula is C17H15NO5. The third-order valence-corrected chi connectivity index (χ3v) is 4.74. The molecule has 3 aliphatic rings. The number of benzene rings is 1. The van der Waals surface area contributed by atoms with E-state index in [1.807, 2.05) is 12.2 Å². The van der Waals surface area contributed by atoms with Crippen LogP contribution in [0.25, 0.3) is 0 Å². The summed E-state index contributed by atoms with van der Waals surface area (Å²) < 4.78 is 10.9. The number of carbonyl (C=O) groups is 3. The van der Waals surface area contributed by atoms with Crippen LogP contribution in [-0.4, -0.2) is 36.9 Å². The van der Waals surface area contributed by atoms with Crippen LogP contribution in [0.2, 0.25) is 0 Å². The van der Waals surface area contributed by atoms with E-state index in [-0.39, 0.29) is 29.8 Å². The topological polar surface area (TPSA) is 72.9 Å². The molecule has 0 N–H and O–H groups in total. The standard InChI is InChI=1S/C17H15NO5/c1-8(19)9-3-4-11(22-2)10(7-9)18-16(20)14-12-5-6-13(23-12)15(14)17(18)21/h3-7,12-15H,1-2H3/t12-,13-,14+,15+/m1/s1. The largest absolute Gasteiger partial charge is 0.495 e. The molecule has 2 fully saturated rings. The Morgan fingerprint density at radius 1 is 1.13 bits per heavy atom. The molecule has 2 saturated heterocycles. The molecular weight excluding hydrogens is 298 g/mol. The van der Waals surface area contributed by atoms with Crippen molar-refractivity contribution in [2.24, 2.45) is 11.8 Å². The third kappa shape index (κ3) is 1.81. The summed E-state index contributed by atoms with van der Waals surface area (Å²) in [6, 6.07) is 4.75. The quantitative estimate of drug-likeness (QED) is 0.478. The van der Waals surface area contributed by atoms with Gasteiger partial charge in [0.25, 0.3) is 0 Å². The van der Waals surface area contributed by atoms with Crippen LogP contribution in [0.3, 0.4) is 0 Å². The van der Waals surface area contributed by atoms with Crippen molar-refractivity contribution in [2.75, 3.05) is 12.0 Å². The highest BCUT2D eigenvalue weighted by molar-refractivity contribution is 6.24. The number of anilines is 1. The molecule has 23 heavy (non-hydrogen) atoms. The number of imide groups is 1. The molecule has 118 valence electrons. The Bertz CT molecular complexity index is 738. The molecule has 0 aromatic heterocycles. The highest BCUT2D eigenvalue weighted by atomic mass is 16.5. The van der Waals surface area contributed by atoms with Crippen LogP contribution in [0.5, 0.6) is 5.75 Å². The SMILES string of the molecule is COc1ccc(C(C)=O)cc1N1C(=O)[C@@H]2[C@@H](C1=O)[C@H]1C=C[C@H]2O1. The van der Waals surface area contributed by atoms with Gasteiger partial charge in [0.2, 0.25) is 11.8 Å². The van der Waals surface area contributed by atoms with E-state index in [1.54, 1.807) is 12.1 Å². The van der Waals surface area contributed by atoms with Crippen LogP contribution < -0.4 is 9.64 Å². The van der Waals surface area contributed by atoms with E-state index in [0.29, 0.717) is 17.0 Å². The Labute approximate surface area is 132 Å². The number of nitrogens with zero attached hydrogens (tertiary/aromatic N) is 1. The third-order valence-electron chi connectivity index (χ3n) is 4.74. The number of fused-ring (bicyclic) bond motifs is 5. The van der Waals surface area contributed by atoms with Crippen molar-refractivity contribution >= 4 is 23.3 Å². The maximum atomic E-state index is 12.8. The van der Waals surface area contributed by atoms with Gasteiger partial charge in [-0.2, -0.15) is 0 Å². The predicted molar refractivity (Wildman–Crippen MR) is 80.3 cm³/mol. The molecule has 2 amide bonds. The second kappa shape index (κ2) is 4.76. The van der Waals surface area contributed by atoms with Crippen molar-refractivity contribution in [1.29, 1.82) is 0 Å². The Hall–Kier alpha value is -2.47. The van der Waals surface area contributed by atoms with Gasteiger partial charge in [0.15, 0.2) is 5.78 Å². The summed E-state index contributed by atoms with van der Waals surface area (Å²) in [7, 11) is 1.46. The molecule has 0 saturated carbocycles. The fourth-order valence-corrected chi connectivity index (χ4v) is 3.62. The van der Waals surface area contributed by atoms with E-state index < -0.39 is 11.8 Å². The van der Waals surface area contributed by atoms with Crippen molar-refractivity contribution in [3.8, 4) is 5.75 Å². The monoisotopic (exact) mass is 313 g/mol. The van der Waals surface area contributed by atoms with Gasteiger partial charge in [0, 0.05) is 5.56 Å². The maximum absolute atomic E-state index is 12.8. The second-order valence-corrected chi connectivity index (χ2v) is 5.96. The minimum absolute atomic E-state index is 0.140. The number of Topliss-reactive ketones (excluding diaryl/α,β-unsaturated/α-hetero) is 1. The van der Waals surface area contributed by atoms with Gasteiger partial charge < -0.3 is 9.47 Å². The number of methoxy groups -OCH3 is 1. The van der Waals surface area contributed by atoms with E-state index in [2.05, 4.69) is 0 Å². The summed E-state index contributed by atoms with van der Waals surface area (Å²) in [6.45, 7) is 1.44. The number of hydrogen-bond acceptors (Lipinski definition) is 5. The fourth-order valence-electron chi connectivity index (χ4n) is 3.62. The molecule has 1 aromatic carbocycles. The average Bonchev–Trinajstić information content (AvgIpc) is 3.21. The van der Waals surface area contributed by atoms with E-state index in [4.69, 9.17) is 9.47 Å². The van der Waals surface area contributed by atoms with Crippen LogP contribution in [0.15, 0.2) is 30.4 Å². The van der Waals surface area contributed by atoms with Crippen LogP contribution in [0, 0.1) is 11.8 Å². The summed E-state index contributed by atoms with van der Waals surface area (Å²) in [5.74, 6) is -1.31. The van der Waals surface area contributed by atoms with Gasteiger partial charge in [0.1, 0.15) is 5.75 Å². The molecule has 0 radical (unpaired) electrons. The van der Waals surface area contributed by atoms with E-state index in [0.717, 1.165) is 4.90 Å². The average molecular weight is 313 g/mol. The molecule has 0 aliphatic carbocycles. The lowest BCUT2D eigenvalue weighted by Gasteiger charge is -2.20. The van der Waals surface area contributed by atoms with E-state index in [1.165, 1.54) is 20.1 Å². The number of ketones is 1. The Balaban J connectivity index is 1.80. The number of amides is 2. The lowest BCUT2D eigenvalue weighted by atomic mass is 9.85. The van der Waals surface area contributed by atoms with Gasteiger partial charge in [-0.3, -0.25) is 14.4 Å². The predicted octanol–water partition coefficient (Wildman–Crippen LogP) is 1.34. The molecule has 1 aromatic rings. The van der Waals surface area contributed by atoms with Gasteiger partial charge in [-0.1, -0.05) is 12.2 Å². The van der Waals surface area contributed by atoms with Crippen molar-refractivity contribution in [3.05, 3.63) is 35.9 Å². The first-order valence-electron chi connectivity index (χ1n) is 7.43. The summed E-state index contributed by atoms with van der Waals surface area (Å²) in [4.78, 5) is 38.4. The van der Waals surface area contributed by atoms with Gasteiger partial charge >= 0.3 is 0 Å². The van der Waals surface area contributed by atoms with Crippen molar-refractivity contribution in [3.63, 3.8) is 0 Å². The van der Waals surface area contributed by atoms with E-state index >= 15 is 0 Å². The lowest BCUT2D eigenvalue weighted by molar-refractivity contribution is -0.124. The molecule has 0 unspecified atom stereocenters. The minimum Gasteiger partial charge on any atom is -0.495 e. The zero-order chi connectivity index (χ0) is 16.3. The van der Waals surface area contributed by atoms with Crippen LogP contribution in [0.4, 0.5) is 5.69 Å². The smallest absolute Gasteiger partial charge is 0.240 e. The Kier molecular flexibility index (Phi) is 2.93. The molecule has 4 atom stereocenters. The minimum atomic E-state index is -0.483. The molecule has 4 rings (SSSR count). The number of hydrogen-bond donors (Lipinski definition) is 0. The van der Waals surface area contributed by atoms with Crippen LogP contribution >= 0.6 is 0 Å². The Morgan fingerprint density at radius 2 is 1.74 bits per heavy atom. The first kappa shape index (κ1) is 14.1. The molecule has 3 aliphatic heterocycles. The van der Waals surface area contributed by atoms with Crippen molar-refractivity contribution in [2.45, 2.75) is 19.1 Å². The summed E-state index contributed by atoms with van der Waals surface area (Å²) in [5, 5.41) is 0. The van der Waals surface area contributed by atoms with Crippen LogP contribution in [-0.2, 0) is 14.3 Å². The number of carbonyl (C=O) groups excluding carboxylic acids is 3. The summed E-state index contributed by atoms with van der Waals surface area (Å²) in [6.07, 6.45) is 3.00. The first-order chi connectivity index (χ1) is 11.0. The normalized spacial score (nSPS) is 31.0. The molecule has 2 bridgehead atoms. The highest BCUT2D eigenvalue weighted by Crippen LogP contribution is 2.47. The summed E-state index contributed by atoms with van der Waals surface area (Å²) in [5.41, 5.74) is 0.750. The summed E-state index contributed by atoms with van der Waals surface area (Å²) >= 11 is 0. The van der Waals surface area contributed by atoms with Gasteiger partial charge in [-0.25, -0.2) is 4.90 Å². The van der Waals surface area contributed by atoms with E-state index in [9.17, 15) is 14.4 Å². The maximum Gasteiger partial charge on any atom is 0.240 e. The molecule has 6 heteroatoms. The molecule has 6 nitrogen and oxygen atoms in total. The second-order valence-electron chi connectivity index (χ2n) is 5.96. The molecule has 3 heterocycles. The first-order valence-corrected chi connectivity index (χ1v) is 7.43. The number of ether oxygens (including phenoxy) is 2. The number of rotatable bonds is 3. The highest BCUT2D eigenvalue weighted by Gasteiger charge is 2.61. The zero-order valence-corrected chi connectivity index (χ0v) is 12.7. The zero-order valence-electron chi connectivity index (χ0n) is 12.7. The molecule has 0 spiro atoms. The fraction of sp³-hybridized carbons (Fsp3) is 0.353. The van der Waals surface area contributed by atoms with Crippen molar-refractivity contribution < 1.29 is 23.9 Å². The van der Waals surface area contributed by atoms with Crippen LogP contribution in [0.1, 0.15) is 17.3 Å². The van der Waals surface area contributed by atoms with Crippen molar-refractivity contribution in [1.82, 2.24) is 0 Å². The van der Waals surface area contributed by atoms with Gasteiger partial charge in [-0.15, -0.1) is 0 Å². The van der Waals surface area contributed by atoms with Gasteiger partial charge in [0.05, 0.1) is 36.8 Å². The lowest BCUT2D eigenvalue weighted by Crippen LogP contribution is -2.34.